The highest BCUT2D eigenvalue weighted by Gasteiger charge is 2.22. The first-order chi connectivity index (χ1) is 13.9. The van der Waals surface area contributed by atoms with Gasteiger partial charge in [0.2, 0.25) is 0 Å². The molecule has 11 nitrogen and oxygen atoms in total. The predicted octanol–water partition coefficient (Wildman–Crippen LogP) is 0.534. The zero-order valence-electron chi connectivity index (χ0n) is 15.4. The first kappa shape index (κ1) is 20.1. The molecule has 3 N–H and O–H groups in total. The number of carbonyl (C=O) groups is 1. The predicted molar refractivity (Wildman–Crippen MR) is 103 cm³/mol. The van der Waals surface area contributed by atoms with Gasteiger partial charge in [-0.1, -0.05) is 5.92 Å². The molecule has 12 heteroatoms. The van der Waals surface area contributed by atoms with E-state index < -0.39 is 15.9 Å². The zero-order valence-corrected chi connectivity index (χ0v) is 16.2. The third-order valence-electron chi connectivity index (χ3n) is 3.74. The largest absolute Gasteiger partial charge is 0.493 e. The van der Waals surface area contributed by atoms with Crippen LogP contribution in [0.3, 0.4) is 0 Å². The van der Waals surface area contributed by atoms with E-state index in [1.807, 2.05) is 0 Å². The van der Waals surface area contributed by atoms with Crippen molar-refractivity contribution in [1.82, 2.24) is 24.7 Å². The third kappa shape index (κ3) is 4.10. The number of rotatable bonds is 7. The second-order valence-corrected chi connectivity index (χ2v) is 7.30. The van der Waals surface area contributed by atoms with Crippen molar-refractivity contribution in [3.8, 4) is 23.8 Å². The molecule has 1 aromatic carbocycles. The highest BCUT2D eigenvalue weighted by Crippen LogP contribution is 2.31. The summed E-state index contributed by atoms with van der Waals surface area (Å²) in [6, 6.07) is 3.18. The number of amides is 1. The second kappa shape index (κ2) is 8.13. The van der Waals surface area contributed by atoms with Gasteiger partial charge in [-0.05, 0) is 7.05 Å². The number of carbonyl (C=O) groups excluding carboxylic acids is 1. The van der Waals surface area contributed by atoms with E-state index in [1.54, 1.807) is 12.1 Å². The Labute approximate surface area is 165 Å². The highest BCUT2D eigenvalue weighted by molar-refractivity contribution is 7.89. The fourth-order valence-corrected chi connectivity index (χ4v) is 3.19. The van der Waals surface area contributed by atoms with Crippen molar-refractivity contribution < 1.29 is 22.7 Å². The van der Waals surface area contributed by atoms with Crippen molar-refractivity contribution >= 4 is 32.7 Å². The van der Waals surface area contributed by atoms with E-state index in [0.29, 0.717) is 22.5 Å². The monoisotopic (exact) mass is 416 g/mol. The number of aromatic nitrogens is 4. The fraction of sp³-hybridized carbons (Fsp3) is 0.176. The minimum absolute atomic E-state index is 0.0417. The Hall–Kier alpha value is -3.69. The molecule has 3 rings (SSSR count). The second-order valence-electron chi connectivity index (χ2n) is 5.50. The summed E-state index contributed by atoms with van der Waals surface area (Å²) in [7, 11) is -1.21. The number of anilines is 1. The Morgan fingerprint density at radius 3 is 2.83 bits per heavy atom. The number of terminal acetylenes is 1. The van der Waals surface area contributed by atoms with Crippen LogP contribution < -0.4 is 19.5 Å². The van der Waals surface area contributed by atoms with Crippen LogP contribution in [0.25, 0.3) is 11.0 Å². The smallest absolute Gasteiger partial charge is 0.291 e. The summed E-state index contributed by atoms with van der Waals surface area (Å²) in [5, 5.41) is 2.07. The Kier molecular flexibility index (Phi) is 5.62. The van der Waals surface area contributed by atoms with E-state index in [1.165, 1.54) is 20.4 Å². The van der Waals surface area contributed by atoms with E-state index in [-0.39, 0.29) is 23.1 Å². The molecule has 0 spiro atoms. The van der Waals surface area contributed by atoms with Gasteiger partial charge >= 0.3 is 0 Å². The number of hydrogen-bond acceptors (Lipinski definition) is 8. The molecule has 2 heterocycles. The van der Waals surface area contributed by atoms with Gasteiger partial charge in [-0.15, -0.1) is 6.42 Å². The first-order valence-corrected chi connectivity index (χ1v) is 9.57. The lowest BCUT2D eigenvalue weighted by Gasteiger charge is -2.08. The molecule has 0 aliphatic rings. The van der Waals surface area contributed by atoms with Crippen LogP contribution in [0.1, 0.15) is 10.6 Å². The molecule has 29 heavy (non-hydrogen) atoms. The lowest BCUT2D eigenvalue weighted by Crippen LogP contribution is -2.23. The third-order valence-corrected chi connectivity index (χ3v) is 5.11. The Bertz CT molecular complexity index is 1210. The molecule has 0 aliphatic carbocycles. The zero-order chi connectivity index (χ0) is 21.0. The standard InChI is InChI=1S/C17H16N6O5S/c1-4-5-28-14-7-11-10(6-13(14)27-3)21-15(22-11)16(24)23-12-8-19-9-20-17(12)29(25,26)18-2/h1,6-9,18H,5H2,2-3H3,(H,21,22)(H,23,24). The fourth-order valence-electron chi connectivity index (χ4n) is 2.41. The number of benzene rings is 1. The van der Waals surface area contributed by atoms with Gasteiger partial charge in [-0.3, -0.25) is 4.79 Å². The molecule has 0 saturated carbocycles. The number of methoxy groups -OCH3 is 1. The maximum Gasteiger partial charge on any atom is 0.291 e. The van der Waals surface area contributed by atoms with Crippen molar-refractivity contribution in [3.05, 3.63) is 30.5 Å². The molecule has 150 valence electrons. The summed E-state index contributed by atoms with van der Waals surface area (Å²) in [6.07, 6.45) is 7.44. The maximum atomic E-state index is 12.6. The SMILES string of the molecule is C#CCOc1cc2[nH]c(C(=O)Nc3cncnc3S(=O)(=O)NC)nc2cc1OC. The number of aromatic amines is 1. The van der Waals surface area contributed by atoms with Gasteiger partial charge in [0.1, 0.15) is 12.9 Å². The number of hydrogen-bond donors (Lipinski definition) is 3. The molecule has 0 atom stereocenters. The Morgan fingerprint density at radius 1 is 1.34 bits per heavy atom. The average Bonchev–Trinajstić information content (AvgIpc) is 3.14. The van der Waals surface area contributed by atoms with Crippen LogP contribution in [0.15, 0.2) is 29.7 Å². The van der Waals surface area contributed by atoms with Gasteiger partial charge in [-0.2, -0.15) is 0 Å². The van der Waals surface area contributed by atoms with E-state index in [4.69, 9.17) is 15.9 Å². The van der Waals surface area contributed by atoms with Crippen LogP contribution in [-0.4, -0.2) is 55.0 Å². The lowest BCUT2D eigenvalue weighted by molar-refractivity contribution is 0.101. The molecule has 0 fully saturated rings. The summed E-state index contributed by atoms with van der Waals surface area (Å²) in [5.41, 5.74) is 0.839. The lowest BCUT2D eigenvalue weighted by atomic mass is 10.3. The van der Waals surface area contributed by atoms with Gasteiger partial charge in [0.25, 0.3) is 15.9 Å². The quantitative estimate of drug-likeness (QED) is 0.373. The molecule has 0 bridgehead atoms. The summed E-state index contributed by atoms with van der Waals surface area (Å²) in [4.78, 5) is 27.1. The minimum atomic E-state index is -3.90. The molecule has 0 radical (unpaired) electrons. The molecule has 0 unspecified atom stereocenters. The molecule has 0 aliphatic heterocycles. The topological polar surface area (TPSA) is 148 Å². The summed E-state index contributed by atoms with van der Waals surface area (Å²) < 4.78 is 36.9. The number of fused-ring (bicyclic) bond motifs is 1. The molecule has 3 aromatic rings. The Balaban J connectivity index is 1.94. The van der Waals surface area contributed by atoms with Crippen LogP contribution in [0.5, 0.6) is 11.5 Å². The Morgan fingerprint density at radius 2 is 2.14 bits per heavy atom. The van der Waals surface area contributed by atoms with E-state index >= 15 is 0 Å². The number of H-pyrrole nitrogens is 1. The molecule has 2 aromatic heterocycles. The van der Waals surface area contributed by atoms with E-state index in [0.717, 1.165) is 6.33 Å². The van der Waals surface area contributed by atoms with Crippen LogP contribution in [-0.2, 0) is 10.0 Å². The van der Waals surface area contributed by atoms with Crippen molar-refractivity contribution in [3.63, 3.8) is 0 Å². The van der Waals surface area contributed by atoms with Crippen LogP contribution in [0, 0.1) is 12.3 Å². The van der Waals surface area contributed by atoms with Gasteiger partial charge in [0.15, 0.2) is 22.3 Å². The van der Waals surface area contributed by atoms with Gasteiger partial charge in [0.05, 0.1) is 30.0 Å². The minimum Gasteiger partial charge on any atom is -0.493 e. The molecule has 1 amide bonds. The van der Waals surface area contributed by atoms with Crippen LogP contribution in [0.2, 0.25) is 0 Å². The van der Waals surface area contributed by atoms with Crippen LogP contribution >= 0.6 is 0 Å². The first-order valence-electron chi connectivity index (χ1n) is 8.08. The number of nitrogens with one attached hydrogen (secondary N) is 3. The highest BCUT2D eigenvalue weighted by atomic mass is 32.2. The summed E-state index contributed by atoms with van der Waals surface area (Å²) >= 11 is 0. The van der Waals surface area contributed by atoms with Crippen molar-refractivity contribution in [1.29, 1.82) is 0 Å². The van der Waals surface area contributed by atoms with Gasteiger partial charge in [0, 0.05) is 12.1 Å². The summed E-state index contributed by atoms with van der Waals surface area (Å²) in [6.45, 7) is 0.0417. The number of sulfonamides is 1. The number of nitrogens with zero attached hydrogens (tertiary/aromatic N) is 3. The summed E-state index contributed by atoms with van der Waals surface area (Å²) in [5.74, 6) is 2.38. The van der Waals surface area contributed by atoms with Crippen LogP contribution in [0.4, 0.5) is 5.69 Å². The number of imidazole rings is 1. The average molecular weight is 416 g/mol. The van der Waals surface area contributed by atoms with Gasteiger partial charge in [-0.25, -0.2) is 28.1 Å². The van der Waals surface area contributed by atoms with Crippen molar-refractivity contribution in [2.45, 2.75) is 5.03 Å². The maximum absolute atomic E-state index is 12.6. The van der Waals surface area contributed by atoms with Gasteiger partial charge < -0.3 is 19.8 Å². The molecular weight excluding hydrogens is 400 g/mol. The normalized spacial score (nSPS) is 11.1. The van der Waals surface area contributed by atoms with Crippen molar-refractivity contribution in [2.75, 3.05) is 26.1 Å². The molecular formula is C17H16N6O5S. The molecule has 0 saturated heterocycles. The number of ether oxygens (including phenoxy) is 2. The van der Waals surface area contributed by atoms with Crippen molar-refractivity contribution in [2.24, 2.45) is 0 Å². The van der Waals surface area contributed by atoms with E-state index in [2.05, 4.69) is 35.9 Å². The van der Waals surface area contributed by atoms with E-state index in [9.17, 15) is 13.2 Å².